The smallest absolute Gasteiger partial charge is 0.326 e. The zero-order valence-electron chi connectivity index (χ0n) is 11.1. The lowest BCUT2D eigenvalue weighted by Gasteiger charge is -2.25. The predicted molar refractivity (Wildman–Crippen MR) is 69.1 cm³/mol. The fourth-order valence-electron chi connectivity index (χ4n) is 1.69. The average molecular weight is 253 g/mol. The van der Waals surface area contributed by atoms with E-state index in [4.69, 9.17) is 5.11 Å². The number of aromatic nitrogens is 2. The molecule has 0 spiro atoms. The monoisotopic (exact) mass is 253 g/mol. The first-order valence-electron chi connectivity index (χ1n) is 5.93. The van der Waals surface area contributed by atoms with Crippen molar-refractivity contribution in [2.75, 3.05) is 11.9 Å². The number of hydrogen-bond donors (Lipinski definition) is 2. The summed E-state index contributed by atoms with van der Waals surface area (Å²) in [7, 11) is 1.63. The minimum atomic E-state index is -0.923. The van der Waals surface area contributed by atoms with Gasteiger partial charge >= 0.3 is 5.97 Å². The van der Waals surface area contributed by atoms with E-state index >= 15 is 0 Å². The molecule has 1 aromatic rings. The van der Waals surface area contributed by atoms with Crippen LogP contribution in [0.25, 0.3) is 0 Å². The number of anilines is 1. The van der Waals surface area contributed by atoms with E-state index < -0.39 is 12.0 Å². The number of aromatic amines is 1. The summed E-state index contributed by atoms with van der Waals surface area (Å²) in [5.74, 6) is 0.102. The van der Waals surface area contributed by atoms with E-state index in [1.54, 1.807) is 14.0 Å². The van der Waals surface area contributed by atoms with Gasteiger partial charge in [-0.15, -0.1) is 0 Å². The van der Waals surface area contributed by atoms with Gasteiger partial charge in [0.2, 0.25) is 0 Å². The van der Waals surface area contributed by atoms with Crippen LogP contribution in [-0.4, -0.2) is 34.1 Å². The van der Waals surface area contributed by atoms with Crippen LogP contribution in [0.5, 0.6) is 0 Å². The fourth-order valence-corrected chi connectivity index (χ4v) is 1.69. The minimum Gasteiger partial charge on any atom is -0.480 e. The summed E-state index contributed by atoms with van der Waals surface area (Å²) in [6.07, 6.45) is 0.442. The van der Waals surface area contributed by atoms with Crippen molar-refractivity contribution in [2.45, 2.75) is 39.2 Å². The fraction of sp³-hybridized carbons (Fsp3) is 0.583. The Morgan fingerprint density at radius 3 is 2.61 bits per heavy atom. The molecule has 18 heavy (non-hydrogen) atoms. The molecule has 1 heterocycles. The van der Waals surface area contributed by atoms with Gasteiger partial charge in [0.05, 0.1) is 0 Å². The highest BCUT2D eigenvalue weighted by Gasteiger charge is 2.22. The highest BCUT2D eigenvalue weighted by Crippen LogP contribution is 2.15. The Hall–Kier alpha value is -1.85. The van der Waals surface area contributed by atoms with Crippen LogP contribution >= 0.6 is 0 Å². The number of aliphatic carboxylic acids is 1. The number of carboxylic acid groups (broad SMARTS) is 1. The number of H-pyrrole nitrogens is 1. The molecule has 0 aliphatic heterocycles. The second-order valence-electron chi connectivity index (χ2n) is 4.52. The summed E-state index contributed by atoms with van der Waals surface area (Å²) >= 11 is 0. The van der Waals surface area contributed by atoms with E-state index in [1.165, 1.54) is 11.0 Å². The standard InChI is InChI=1S/C12H19N3O3/c1-5-8(12(17)18)15(4)9-6-10(16)14-11(13-9)7(2)3/h6-8H,5H2,1-4H3,(H,17,18)(H,13,14,16). The second kappa shape index (κ2) is 5.66. The van der Waals surface area contributed by atoms with Gasteiger partial charge in [-0.3, -0.25) is 4.79 Å². The molecular formula is C12H19N3O3. The molecule has 0 fully saturated rings. The lowest BCUT2D eigenvalue weighted by molar-refractivity contribution is -0.138. The van der Waals surface area contributed by atoms with Crippen LogP contribution in [0.3, 0.4) is 0 Å². The molecule has 0 radical (unpaired) electrons. The zero-order valence-corrected chi connectivity index (χ0v) is 11.1. The van der Waals surface area contributed by atoms with E-state index in [1.807, 2.05) is 13.8 Å². The summed E-state index contributed by atoms with van der Waals surface area (Å²) in [4.78, 5) is 31.1. The molecule has 1 aromatic heterocycles. The van der Waals surface area contributed by atoms with E-state index in [9.17, 15) is 9.59 Å². The molecule has 0 aliphatic carbocycles. The van der Waals surface area contributed by atoms with E-state index in [0.29, 0.717) is 18.1 Å². The number of nitrogens with one attached hydrogen (secondary N) is 1. The Morgan fingerprint density at radius 1 is 1.56 bits per heavy atom. The van der Waals surface area contributed by atoms with Gasteiger partial charge in [0, 0.05) is 19.0 Å². The van der Waals surface area contributed by atoms with Gasteiger partial charge in [-0.2, -0.15) is 0 Å². The maximum absolute atomic E-state index is 11.5. The SMILES string of the molecule is CCC(C(=O)O)N(C)c1cc(=O)[nH]c(C(C)C)n1. The van der Waals surface area contributed by atoms with Crippen molar-refractivity contribution >= 4 is 11.8 Å². The first-order chi connectivity index (χ1) is 8.36. The lowest BCUT2D eigenvalue weighted by atomic mass is 10.2. The number of carbonyl (C=O) groups is 1. The van der Waals surface area contributed by atoms with Crippen LogP contribution in [0.2, 0.25) is 0 Å². The van der Waals surface area contributed by atoms with Gasteiger partial charge in [-0.1, -0.05) is 20.8 Å². The molecule has 0 aromatic carbocycles. The quantitative estimate of drug-likeness (QED) is 0.823. The van der Waals surface area contributed by atoms with Gasteiger partial charge in [0.15, 0.2) is 0 Å². The van der Waals surface area contributed by atoms with Gasteiger partial charge in [-0.05, 0) is 6.42 Å². The van der Waals surface area contributed by atoms with Crippen LogP contribution in [0.4, 0.5) is 5.82 Å². The Kier molecular flexibility index (Phi) is 4.47. The number of hydrogen-bond acceptors (Lipinski definition) is 4. The second-order valence-corrected chi connectivity index (χ2v) is 4.52. The predicted octanol–water partition coefficient (Wildman–Crippen LogP) is 1.19. The first-order valence-corrected chi connectivity index (χ1v) is 5.93. The Balaban J connectivity index is 3.16. The third kappa shape index (κ3) is 3.09. The van der Waals surface area contributed by atoms with Crippen molar-refractivity contribution in [3.05, 3.63) is 22.2 Å². The average Bonchev–Trinajstić information content (AvgIpc) is 2.28. The minimum absolute atomic E-state index is 0.0796. The van der Waals surface area contributed by atoms with Gasteiger partial charge < -0.3 is 15.0 Å². The maximum atomic E-state index is 11.5. The molecule has 2 N–H and O–H groups in total. The van der Waals surface area contributed by atoms with Gasteiger partial charge in [0.1, 0.15) is 17.7 Å². The van der Waals surface area contributed by atoms with E-state index in [-0.39, 0.29) is 11.5 Å². The maximum Gasteiger partial charge on any atom is 0.326 e. The highest BCUT2D eigenvalue weighted by molar-refractivity contribution is 5.77. The molecule has 6 heteroatoms. The van der Waals surface area contributed by atoms with Crippen molar-refractivity contribution in [1.29, 1.82) is 0 Å². The topological polar surface area (TPSA) is 86.3 Å². The van der Waals surface area contributed by atoms with Gasteiger partial charge in [-0.25, -0.2) is 9.78 Å². The molecule has 0 bridgehead atoms. The van der Waals surface area contributed by atoms with Crippen molar-refractivity contribution in [1.82, 2.24) is 9.97 Å². The van der Waals surface area contributed by atoms with Crippen LogP contribution < -0.4 is 10.5 Å². The summed E-state index contributed by atoms with van der Waals surface area (Å²) in [5.41, 5.74) is -0.268. The molecule has 1 unspecified atom stereocenters. The molecule has 1 atom stereocenters. The molecular weight excluding hydrogens is 234 g/mol. The Bertz CT molecular complexity index is 482. The van der Waals surface area contributed by atoms with Crippen molar-refractivity contribution in [3.8, 4) is 0 Å². The molecule has 0 aliphatic rings. The zero-order chi connectivity index (χ0) is 13.9. The number of nitrogens with zero attached hydrogens (tertiary/aromatic N) is 2. The van der Waals surface area contributed by atoms with Crippen LogP contribution in [0, 0.1) is 0 Å². The van der Waals surface area contributed by atoms with E-state index in [2.05, 4.69) is 9.97 Å². The largest absolute Gasteiger partial charge is 0.480 e. The van der Waals surface area contributed by atoms with E-state index in [0.717, 1.165) is 0 Å². The lowest BCUT2D eigenvalue weighted by Crippen LogP contribution is -2.39. The van der Waals surface area contributed by atoms with Gasteiger partial charge in [0.25, 0.3) is 5.56 Å². The van der Waals surface area contributed by atoms with Crippen LogP contribution in [-0.2, 0) is 4.79 Å². The third-order valence-electron chi connectivity index (χ3n) is 2.79. The first kappa shape index (κ1) is 14.2. The number of carboxylic acids is 1. The summed E-state index contributed by atoms with van der Waals surface area (Å²) in [6.45, 7) is 5.61. The van der Waals surface area contributed by atoms with Crippen molar-refractivity contribution < 1.29 is 9.90 Å². The molecule has 100 valence electrons. The summed E-state index contributed by atoms with van der Waals surface area (Å²) < 4.78 is 0. The number of rotatable bonds is 5. The van der Waals surface area contributed by atoms with Crippen molar-refractivity contribution in [3.63, 3.8) is 0 Å². The Labute approximate surface area is 106 Å². The van der Waals surface area contributed by atoms with Crippen molar-refractivity contribution in [2.24, 2.45) is 0 Å². The third-order valence-corrected chi connectivity index (χ3v) is 2.79. The molecule has 0 saturated carbocycles. The van der Waals surface area contributed by atoms with Crippen LogP contribution in [0.15, 0.2) is 10.9 Å². The number of likely N-dealkylation sites (N-methyl/N-ethyl adjacent to an activating group) is 1. The normalized spacial score (nSPS) is 12.5. The molecule has 6 nitrogen and oxygen atoms in total. The molecule has 1 rings (SSSR count). The molecule has 0 saturated heterocycles. The summed E-state index contributed by atoms with van der Waals surface area (Å²) in [5, 5.41) is 9.10. The highest BCUT2D eigenvalue weighted by atomic mass is 16.4. The summed E-state index contributed by atoms with van der Waals surface area (Å²) in [6, 6.07) is 0.636. The van der Waals surface area contributed by atoms with Crippen LogP contribution in [0.1, 0.15) is 38.9 Å². The Morgan fingerprint density at radius 2 is 2.17 bits per heavy atom. The molecule has 0 amide bonds.